The minimum Gasteiger partial charge on any atom is -0.326 e. The number of thiophene rings is 1. The number of aryl methyl sites for hydroxylation is 1. The van der Waals surface area contributed by atoms with Crippen molar-refractivity contribution in [3.05, 3.63) is 46.7 Å². The number of amides is 1. The summed E-state index contributed by atoms with van der Waals surface area (Å²) in [7, 11) is -3.54. The summed E-state index contributed by atoms with van der Waals surface area (Å²) in [4.78, 5) is 15.8. The first-order chi connectivity index (χ1) is 13.0. The Bertz CT molecular complexity index is 858. The molecule has 1 saturated heterocycles. The van der Waals surface area contributed by atoms with Gasteiger partial charge in [0.2, 0.25) is 15.9 Å². The maximum atomic E-state index is 12.9. The Morgan fingerprint density at radius 2 is 1.93 bits per heavy atom. The largest absolute Gasteiger partial charge is 0.326 e. The number of sulfonamides is 1. The van der Waals surface area contributed by atoms with Gasteiger partial charge >= 0.3 is 0 Å². The summed E-state index contributed by atoms with van der Waals surface area (Å²) in [5.74, 6) is -0.116. The van der Waals surface area contributed by atoms with Crippen LogP contribution in [0.4, 0.5) is 5.69 Å². The Balaban J connectivity index is 1.63. The van der Waals surface area contributed by atoms with Crippen molar-refractivity contribution in [1.82, 2.24) is 9.21 Å². The van der Waals surface area contributed by atoms with Gasteiger partial charge in [0, 0.05) is 43.2 Å². The molecule has 1 N–H and O–H groups in total. The summed E-state index contributed by atoms with van der Waals surface area (Å²) in [5.41, 5.74) is 0.513. The minimum atomic E-state index is -3.54. The zero-order valence-electron chi connectivity index (χ0n) is 15.4. The van der Waals surface area contributed by atoms with Crippen molar-refractivity contribution in [2.75, 3.05) is 38.0 Å². The number of anilines is 1. The van der Waals surface area contributed by atoms with E-state index in [-0.39, 0.29) is 10.8 Å². The van der Waals surface area contributed by atoms with Crippen LogP contribution in [0.3, 0.4) is 0 Å². The molecule has 2 aromatic rings. The molecule has 1 amide bonds. The van der Waals surface area contributed by atoms with Crippen LogP contribution in [0.1, 0.15) is 18.2 Å². The summed E-state index contributed by atoms with van der Waals surface area (Å²) >= 11 is 1.63. The van der Waals surface area contributed by atoms with Crippen LogP contribution in [0.5, 0.6) is 0 Å². The van der Waals surface area contributed by atoms with Crippen LogP contribution < -0.4 is 5.32 Å². The second-order valence-electron chi connectivity index (χ2n) is 6.49. The summed E-state index contributed by atoms with van der Waals surface area (Å²) in [6.07, 6.45) is 1.06. The Morgan fingerprint density at radius 3 is 2.59 bits per heavy atom. The van der Waals surface area contributed by atoms with Crippen molar-refractivity contribution in [3.63, 3.8) is 0 Å². The highest BCUT2D eigenvalue weighted by Gasteiger charge is 2.28. The molecule has 0 bridgehead atoms. The Labute approximate surface area is 164 Å². The number of likely N-dealkylation sites (N-methyl/N-ethyl adjacent to an activating group) is 1. The molecule has 1 aliphatic rings. The number of benzene rings is 1. The van der Waals surface area contributed by atoms with Gasteiger partial charge in [0.25, 0.3) is 0 Å². The van der Waals surface area contributed by atoms with E-state index >= 15 is 0 Å². The molecule has 8 heteroatoms. The van der Waals surface area contributed by atoms with Gasteiger partial charge in [-0.1, -0.05) is 19.1 Å². The van der Waals surface area contributed by atoms with Gasteiger partial charge in [0.1, 0.15) is 0 Å². The average molecular weight is 408 g/mol. The van der Waals surface area contributed by atoms with E-state index in [9.17, 15) is 13.2 Å². The van der Waals surface area contributed by atoms with Gasteiger partial charge in [0.05, 0.1) is 4.90 Å². The molecule has 27 heavy (non-hydrogen) atoms. The predicted octanol–water partition coefficient (Wildman–Crippen LogP) is 2.65. The number of carbonyl (C=O) groups is 1. The molecule has 2 heterocycles. The standard InChI is InChI=1S/C19H25N3O3S2/c1-2-21-10-12-22(13-11-21)27(24,25)18-7-3-5-16(15-18)20-19(23)9-8-17-6-4-14-26-17/h3-7,14-15H,2,8-13H2,1H3,(H,20,23). The highest BCUT2D eigenvalue weighted by Crippen LogP contribution is 2.21. The van der Waals surface area contributed by atoms with Crippen LogP contribution in [-0.2, 0) is 21.2 Å². The lowest BCUT2D eigenvalue weighted by Gasteiger charge is -2.33. The van der Waals surface area contributed by atoms with E-state index in [1.807, 2.05) is 17.5 Å². The van der Waals surface area contributed by atoms with Crippen LogP contribution in [0.25, 0.3) is 0 Å². The van der Waals surface area contributed by atoms with Crippen LogP contribution in [-0.4, -0.2) is 56.3 Å². The van der Waals surface area contributed by atoms with Crippen LogP contribution in [0.2, 0.25) is 0 Å². The first kappa shape index (κ1) is 20.0. The monoisotopic (exact) mass is 407 g/mol. The maximum absolute atomic E-state index is 12.9. The van der Waals surface area contributed by atoms with Crippen LogP contribution in [0.15, 0.2) is 46.7 Å². The van der Waals surface area contributed by atoms with Gasteiger partial charge in [-0.25, -0.2) is 8.42 Å². The molecule has 146 valence electrons. The van der Waals surface area contributed by atoms with E-state index in [4.69, 9.17) is 0 Å². The Hall–Kier alpha value is -1.74. The smallest absolute Gasteiger partial charge is 0.243 e. The number of piperazine rings is 1. The molecular weight excluding hydrogens is 382 g/mol. The fourth-order valence-corrected chi connectivity index (χ4v) is 5.26. The van der Waals surface area contributed by atoms with Gasteiger partial charge < -0.3 is 10.2 Å². The third-order valence-electron chi connectivity index (χ3n) is 4.71. The van der Waals surface area contributed by atoms with Crippen molar-refractivity contribution in [2.24, 2.45) is 0 Å². The number of nitrogens with one attached hydrogen (secondary N) is 1. The maximum Gasteiger partial charge on any atom is 0.243 e. The molecule has 1 fully saturated rings. The quantitative estimate of drug-likeness (QED) is 0.766. The third kappa shape index (κ3) is 5.16. The first-order valence-corrected chi connectivity index (χ1v) is 11.5. The minimum absolute atomic E-state index is 0.116. The van der Waals surface area contributed by atoms with Crippen LogP contribution >= 0.6 is 11.3 Å². The zero-order chi connectivity index (χ0) is 19.3. The average Bonchev–Trinajstić information content (AvgIpc) is 3.20. The van der Waals surface area contributed by atoms with Gasteiger partial charge in [-0.15, -0.1) is 11.3 Å². The predicted molar refractivity (Wildman–Crippen MR) is 109 cm³/mol. The molecule has 0 saturated carbocycles. The molecule has 3 rings (SSSR count). The fraction of sp³-hybridized carbons (Fsp3) is 0.421. The van der Waals surface area contributed by atoms with E-state index in [2.05, 4.69) is 17.1 Å². The summed E-state index contributed by atoms with van der Waals surface area (Å²) in [5, 5.41) is 4.80. The molecule has 0 aliphatic carbocycles. The van der Waals surface area contributed by atoms with Crippen molar-refractivity contribution < 1.29 is 13.2 Å². The molecule has 0 radical (unpaired) electrons. The number of rotatable bonds is 7. The summed E-state index contributed by atoms with van der Waals surface area (Å²) in [6, 6.07) is 10.5. The Kier molecular flexibility index (Phi) is 6.64. The van der Waals surface area contributed by atoms with Gasteiger partial charge in [-0.05, 0) is 42.6 Å². The van der Waals surface area contributed by atoms with Gasteiger partial charge in [0.15, 0.2) is 0 Å². The molecular formula is C19H25N3O3S2. The molecule has 1 aromatic heterocycles. The number of nitrogens with zero attached hydrogens (tertiary/aromatic N) is 2. The molecule has 0 spiro atoms. The van der Waals surface area contributed by atoms with Crippen molar-refractivity contribution >= 4 is 33.0 Å². The number of carbonyl (C=O) groups excluding carboxylic acids is 1. The van der Waals surface area contributed by atoms with E-state index in [0.29, 0.717) is 31.6 Å². The lowest BCUT2D eigenvalue weighted by molar-refractivity contribution is -0.116. The lowest BCUT2D eigenvalue weighted by Crippen LogP contribution is -2.48. The molecule has 1 aromatic carbocycles. The molecule has 0 atom stereocenters. The first-order valence-electron chi connectivity index (χ1n) is 9.14. The normalized spacial score (nSPS) is 16.3. The van der Waals surface area contributed by atoms with E-state index in [1.54, 1.807) is 35.6 Å². The van der Waals surface area contributed by atoms with E-state index in [0.717, 1.165) is 24.5 Å². The third-order valence-corrected chi connectivity index (χ3v) is 7.54. The number of hydrogen-bond donors (Lipinski definition) is 1. The molecule has 0 unspecified atom stereocenters. The van der Waals surface area contributed by atoms with Gasteiger partial charge in [-0.2, -0.15) is 4.31 Å². The SMILES string of the molecule is CCN1CCN(S(=O)(=O)c2cccc(NC(=O)CCc3cccs3)c2)CC1. The Morgan fingerprint density at radius 1 is 1.15 bits per heavy atom. The van der Waals surface area contributed by atoms with Crippen LogP contribution in [0, 0.1) is 0 Å². The second-order valence-corrected chi connectivity index (χ2v) is 9.46. The summed E-state index contributed by atoms with van der Waals surface area (Å²) in [6.45, 7) is 5.49. The van der Waals surface area contributed by atoms with Crippen molar-refractivity contribution in [3.8, 4) is 0 Å². The zero-order valence-corrected chi connectivity index (χ0v) is 17.1. The van der Waals surface area contributed by atoms with Gasteiger partial charge in [-0.3, -0.25) is 4.79 Å². The van der Waals surface area contributed by atoms with Crippen molar-refractivity contribution in [2.45, 2.75) is 24.7 Å². The highest BCUT2D eigenvalue weighted by atomic mass is 32.2. The second kappa shape index (κ2) is 8.97. The summed E-state index contributed by atoms with van der Waals surface area (Å²) < 4.78 is 27.3. The topological polar surface area (TPSA) is 69.7 Å². The molecule has 6 nitrogen and oxygen atoms in total. The molecule has 1 aliphatic heterocycles. The number of hydrogen-bond acceptors (Lipinski definition) is 5. The highest BCUT2D eigenvalue weighted by molar-refractivity contribution is 7.89. The van der Waals surface area contributed by atoms with Crippen molar-refractivity contribution in [1.29, 1.82) is 0 Å². The van der Waals surface area contributed by atoms with E-state index < -0.39 is 10.0 Å². The fourth-order valence-electron chi connectivity index (χ4n) is 3.08. The lowest BCUT2D eigenvalue weighted by atomic mass is 10.2. The van der Waals surface area contributed by atoms with E-state index in [1.165, 1.54) is 4.31 Å².